The van der Waals surface area contributed by atoms with Gasteiger partial charge in [-0.3, -0.25) is 9.69 Å². The van der Waals surface area contributed by atoms with Crippen molar-refractivity contribution in [2.45, 2.75) is 39.0 Å². The van der Waals surface area contributed by atoms with E-state index in [0.29, 0.717) is 6.42 Å². The number of ether oxygens (including phenoxy) is 1. The summed E-state index contributed by atoms with van der Waals surface area (Å²) in [6.45, 7) is 3.80. The molecule has 2 atom stereocenters. The van der Waals surface area contributed by atoms with E-state index in [9.17, 15) is 9.59 Å². The molecule has 5 nitrogen and oxygen atoms in total. The van der Waals surface area contributed by atoms with Gasteiger partial charge in [0, 0.05) is 18.7 Å². The lowest BCUT2D eigenvalue weighted by molar-refractivity contribution is -0.117. The average Bonchev–Trinajstić information content (AvgIpc) is 2.79. The molecule has 4 rings (SSSR count). The quantitative estimate of drug-likeness (QED) is 0.549. The minimum absolute atomic E-state index is 0.0293. The predicted molar refractivity (Wildman–Crippen MR) is 122 cm³/mol. The van der Waals surface area contributed by atoms with Crippen LogP contribution in [0.15, 0.2) is 84.9 Å². The van der Waals surface area contributed by atoms with Gasteiger partial charge in [0.25, 0.3) is 0 Å². The first kappa shape index (κ1) is 20.7. The maximum absolute atomic E-state index is 13.0. The van der Waals surface area contributed by atoms with Crippen molar-refractivity contribution >= 4 is 23.4 Å². The number of carbonyl (C=O) groups is 2. The van der Waals surface area contributed by atoms with Gasteiger partial charge in [0.1, 0.15) is 6.61 Å². The smallest absolute Gasteiger partial charge is 0.414 e. The molecule has 1 aliphatic rings. The fourth-order valence-corrected chi connectivity index (χ4v) is 4.26. The molecule has 0 N–H and O–H groups in total. The summed E-state index contributed by atoms with van der Waals surface area (Å²) in [6.07, 6.45) is 0.239. The first-order valence-corrected chi connectivity index (χ1v) is 10.5. The molecule has 0 unspecified atom stereocenters. The molecule has 0 bridgehead atoms. The molecule has 3 aromatic carbocycles. The normalized spacial score (nSPS) is 17.5. The summed E-state index contributed by atoms with van der Waals surface area (Å²) in [5.41, 5.74) is 3.52. The summed E-state index contributed by atoms with van der Waals surface area (Å²) in [4.78, 5) is 29.2. The second-order valence-corrected chi connectivity index (χ2v) is 7.79. The number of benzene rings is 3. The minimum Gasteiger partial charge on any atom is -0.444 e. The standard InChI is InChI=1S/C26H26N2O3/c1-19-17-25(28(20(2)29)22-13-7-4-8-14-22)23-15-9-10-16-24(23)27(19)26(30)31-18-21-11-5-3-6-12-21/h3-16,19,25H,17-18H2,1-2H3/t19-,25+/m0/s1. The topological polar surface area (TPSA) is 49.9 Å². The van der Waals surface area contributed by atoms with Crippen molar-refractivity contribution in [1.82, 2.24) is 0 Å². The number of amides is 2. The molecule has 5 heteroatoms. The molecule has 0 aromatic heterocycles. The van der Waals surface area contributed by atoms with Crippen molar-refractivity contribution in [2.75, 3.05) is 9.80 Å². The molecule has 1 aliphatic heterocycles. The van der Waals surface area contributed by atoms with Gasteiger partial charge in [0.15, 0.2) is 0 Å². The van der Waals surface area contributed by atoms with Gasteiger partial charge in [-0.05, 0) is 42.7 Å². The number of fused-ring (bicyclic) bond motifs is 1. The van der Waals surface area contributed by atoms with Crippen molar-refractivity contribution in [1.29, 1.82) is 0 Å². The Morgan fingerprint density at radius 1 is 0.935 bits per heavy atom. The van der Waals surface area contributed by atoms with Crippen LogP contribution in [0, 0.1) is 0 Å². The van der Waals surface area contributed by atoms with E-state index in [1.807, 2.05) is 96.8 Å². The van der Waals surface area contributed by atoms with Crippen LogP contribution >= 0.6 is 0 Å². The highest BCUT2D eigenvalue weighted by atomic mass is 16.6. The lowest BCUT2D eigenvalue weighted by Crippen LogP contribution is -2.47. The number of rotatable bonds is 4. The van der Waals surface area contributed by atoms with Gasteiger partial charge in [0.2, 0.25) is 5.91 Å². The van der Waals surface area contributed by atoms with Crippen LogP contribution in [0.3, 0.4) is 0 Å². The summed E-state index contributed by atoms with van der Waals surface area (Å²) < 4.78 is 5.63. The number of hydrogen-bond acceptors (Lipinski definition) is 3. The molecular weight excluding hydrogens is 388 g/mol. The van der Waals surface area contributed by atoms with E-state index >= 15 is 0 Å². The van der Waals surface area contributed by atoms with E-state index in [1.165, 1.54) is 0 Å². The molecule has 1 heterocycles. The summed E-state index contributed by atoms with van der Waals surface area (Å²) in [7, 11) is 0. The summed E-state index contributed by atoms with van der Waals surface area (Å²) in [5.74, 6) is -0.0293. The van der Waals surface area contributed by atoms with Gasteiger partial charge in [-0.25, -0.2) is 4.79 Å². The Balaban J connectivity index is 1.64. The Bertz CT molecular complexity index is 1050. The van der Waals surface area contributed by atoms with Crippen LogP contribution in [0.2, 0.25) is 0 Å². The van der Waals surface area contributed by atoms with Crippen molar-refractivity contribution < 1.29 is 14.3 Å². The fraction of sp³-hybridized carbons (Fsp3) is 0.231. The first-order valence-electron chi connectivity index (χ1n) is 10.5. The van der Waals surface area contributed by atoms with Crippen LogP contribution in [0.25, 0.3) is 0 Å². The Hall–Kier alpha value is -3.60. The van der Waals surface area contributed by atoms with Gasteiger partial charge in [-0.15, -0.1) is 0 Å². The van der Waals surface area contributed by atoms with Gasteiger partial charge in [0.05, 0.1) is 11.7 Å². The third-order valence-corrected chi connectivity index (χ3v) is 5.65. The Morgan fingerprint density at radius 2 is 1.55 bits per heavy atom. The third kappa shape index (κ3) is 4.31. The number of anilines is 2. The number of carbonyl (C=O) groups excluding carboxylic acids is 2. The second-order valence-electron chi connectivity index (χ2n) is 7.79. The Kier molecular flexibility index (Phi) is 6.03. The number of hydrogen-bond donors (Lipinski definition) is 0. The molecule has 0 saturated heterocycles. The molecule has 0 saturated carbocycles. The van der Waals surface area contributed by atoms with Crippen molar-refractivity contribution in [3.63, 3.8) is 0 Å². The largest absolute Gasteiger partial charge is 0.444 e. The lowest BCUT2D eigenvalue weighted by Gasteiger charge is -2.42. The molecule has 3 aromatic rings. The molecule has 158 valence electrons. The van der Waals surface area contributed by atoms with E-state index in [2.05, 4.69) is 0 Å². The van der Waals surface area contributed by atoms with Crippen molar-refractivity contribution in [2.24, 2.45) is 0 Å². The molecule has 0 aliphatic carbocycles. The molecule has 0 fully saturated rings. The highest BCUT2D eigenvalue weighted by Crippen LogP contribution is 2.42. The Labute approximate surface area is 182 Å². The molecule has 31 heavy (non-hydrogen) atoms. The minimum atomic E-state index is -0.378. The van der Waals surface area contributed by atoms with Crippen LogP contribution in [0.1, 0.15) is 37.4 Å². The van der Waals surface area contributed by atoms with Crippen LogP contribution in [-0.2, 0) is 16.1 Å². The zero-order valence-electron chi connectivity index (χ0n) is 17.8. The van der Waals surface area contributed by atoms with Crippen molar-refractivity contribution in [3.8, 4) is 0 Å². The van der Waals surface area contributed by atoms with Gasteiger partial charge < -0.3 is 9.64 Å². The third-order valence-electron chi connectivity index (χ3n) is 5.65. The predicted octanol–water partition coefficient (Wildman–Crippen LogP) is 5.72. The number of para-hydroxylation sites is 2. The first-order chi connectivity index (χ1) is 15.1. The lowest BCUT2D eigenvalue weighted by atomic mass is 9.90. The van der Waals surface area contributed by atoms with E-state index in [1.54, 1.807) is 11.8 Å². The highest BCUT2D eigenvalue weighted by Gasteiger charge is 2.38. The van der Waals surface area contributed by atoms with Crippen LogP contribution in [-0.4, -0.2) is 18.0 Å². The van der Waals surface area contributed by atoms with Gasteiger partial charge in [-0.2, -0.15) is 0 Å². The van der Waals surface area contributed by atoms with Crippen molar-refractivity contribution in [3.05, 3.63) is 96.1 Å². The average molecular weight is 415 g/mol. The van der Waals surface area contributed by atoms with Crippen LogP contribution in [0.5, 0.6) is 0 Å². The summed E-state index contributed by atoms with van der Waals surface area (Å²) in [5, 5.41) is 0. The van der Waals surface area contributed by atoms with Gasteiger partial charge in [-0.1, -0.05) is 66.7 Å². The van der Waals surface area contributed by atoms with E-state index in [4.69, 9.17) is 4.74 Å². The van der Waals surface area contributed by atoms with Crippen LogP contribution < -0.4 is 9.80 Å². The van der Waals surface area contributed by atoms with Crippen LogP contribution in [0.4, 0.5) is 16.2 Å². The second kappa shape index (κ2) is 9.04. The summed E-state index contributed by atoms with van der Waals surface area (Å²) >= 11 is 0. The zero-order valence-corrected chi connectivity index (χ0v) is 17.8. The van der Waals surface area contributed by atoms with E-state index < -0.39 is 0 Å². The molecule has 0 radical (unpaired) electrons. The maximum Gasteiger partial charge on any atom is 0.414 e. The molecule has 2 amide bonds. The summed E-state index contributed by atoms with van der Waals surface area (Å²) in [6, 6.07) is 26.8. The molecular formula is C26H26N2O3. The highest BCUT2D eigenvalue weighted by molar-refractivity contribution is 5.95. The molecule has 0 spiro atoms. The van der Waals surface area contributed by atoms with E-state index in [-0.39, 0.29) is 30.7 Å². The number of nitrogens with zero attached hydrogens (tertiary/aromatic N) is 2. The maximum atomic E-state index is 13.0. The SMILES string of the molecule is CC(=O)N(c1ccccc1)[C@@H]1C[C@H](C)N(C(=O)OCc2ccccc2)c2ccccc21. The van der Waals surface area contributed by atoms with Gasteiger partial charge >= 0.3 is 6.09 Å². The fourth-order valence-electron chi connectivity index (χ4n) is 4.26. The Morgan fingerprint density at radius 3 is 2.23 bits per heavy atom. The monoisotopic (exact) mass is 414 g/mol. The van der Waals surface area contributed by atoms with E-state index in [0.717, 1.165) is 22.5 Å². The zero-order chi connectivity index (χ0) is 21.8.